The molecule has 0 amide bonds. The van der Waals surface area contributed by atoms with Crippen molar-refractivity contribution in [3.05, 3.63) is 0 Å². The van der Waals surface area contributed by atoms with E-state index >= 15 is 0 Å². The fraction of sp³-hybridized carbons (Fsp3) is 0.909. The molecule has 2 atom stereocenters. The number of rotatable bonds is 0. The first kappa shape index (κ1) is 9.76. The maximum absolute atomic E-state index is 11.6. The third kappa shape index (κ3) is 1.88. The molecule has 1 heteroatoms. The van der Waals surface area contributed by atoms with Crippen molar-refractivity contribution < 1.29 is 4.79 Å². The van der Waals surface area contributed by atoms with Gasteiger partial charge in [-0.3, -0.25) is 4.79 Å². The molecule has 1 aliphatic rings. The van der Waals surface area contributed by atoms with Gasteiger partial charge in [0, 0.05) is 12.3 Å². The average Bonchev–Trinajstić information content (AvgIpc) is 2.03. The Morgan fingerprint density at radius 2 is 1.92 bits per heavy atom. The lowest BCUT2D eigenvalue weighted by Gasteiger charge is -2.30. The first-order chi connectivity index (χ1) is 5.43. The maximum atomic E-state index is 11.6. The van der Waals surface area contributed by atoms with Crippen LogP contribution in [-0.2, 0) is 4.79 Å². The molecule has 0 bridgehead atoms. The highest BCUT2D eigenvalue weighted by Crippen LogP contribution is 2.39. The second-order valence-electron chi connectivity index (χ2n) is 5.02. The van der Waals surface area contributed by atoms with E-state index < -0.39 is 0 Å². The normalized spacial score (nSPS) is 36.2. The standard InChI is InChI=1S/C11H20O/c1-8-5-6-10(12)9(2)11(3,4)7-8/h8-9H,5-7H2,1-4H3. The lowest BCUT2D eigenvalue weighted by molar-refractivity contribution is -0.124. The van der Waals surface area contributed by atoms with Gasteiger partial charge in [-0.1, -0.05) is 27.7 Å². The molecule has 0 aromatic heterocycles. The van der Waals surface area contributed by atoms with Gasteiger partial charge in [-0.25, -0.2) is 0 Å². The van der Waals surface area contributed by atoms with Gasteiger partial charge >= 0.3 is 0 Å². The van der Waals surface area contributed by atoms with Crippen LogP contribution in [0.4, 0.5) is 0 Å². The molecule has 0 aromatic rings. The molecule has 0 aliphatic heterocycles. The Hall–Kier alpha value is -0.330. The van der Waals surface area contributed by atoms with Gasteiger partial charge in [0.2, 0.25) is 0 Å². The molecule has 70 valence electrons. The van der Waals surface area contributed by atoms with Gasteiger partial charge in [-0.15, -0.1) is 0 Å². The summed E-state index contributed by atoms with van der Waals surface area (Å²) in [5, 5.41) is 0. The van der Waals surface area contributed by atoms with Crippen molar-refractivity contribution in [1.82, 2.24) is 0 Å². The van der Waals surface area contributed by atoms with Crippen molar-refractivity contribution in [3.8, 4) is 0 Å². The summed E-state index contributed by atoms with van der Waals surface area (Å²) in [6.45, 7) is 8.78. The van der Waals surface area contributed by atoms with Crippen LogP contribution in [0.25, 0.3) is 0 Å². The molecule has 12 heavy (non-hydrogen) atoms. The number of Topliss-reactive ketones (excluding diaryl/α,β-unsaturated/α-hetero) is 1. The molecule has 1 fully saturated rings. The van der Waals surface area contributed by atoms with E-state index in [2.05, 4.69) is 27.7 Å². The monoisotopic (exact) mass is 168 g/mol. The topological polar surface area (TPSA) is 17.1 Å². The van der Waals surface area contributed by atoms with Crippen molar-refractivity contribution in [2.24, 2.45) is 17.3 Å². The molecule has 1 rings (SSSR count). The Morgan fingerprint density at radius 3 is 2.50 bits per heavy atom. The summed E-state index contributed by atoms with van der Waals surface area (Å²) in [6.07, 6.45) is 3.08. The zero-order valence-corrected chi connectivity index (χ0v) is 8.68. The van der Waals surface area contributed by atoms with E-state index in [1.165, 1.54) is 6.42 Å². The Labute approximate surface area is 75.5 Å². The van der Waals surface area contributed by atoms with Crippen LogP contribution in [0.15, 0.2) is 0 Å². The van der Waals surface area contributed by atoms with Crippen LogP contribution < -0.4 is 0 Å². The predicted octanol–water partition coefficient (Wildman–Crippen LogP) is 3.04. The second-order valence-corrected chi connectivity index (χ2v) is 5.02. The number of hydrogen-bond acceptors (Lipinski definition) is 1. The van der Waals surface area contributed by atoms with Gasteiger partial charge in [0.1, 0.15) is 5.78 Å². The third-order valence-electron chi connectivity index (χ3n) is 3.41. The fourth-order valence-electron chi connectivity index (χ4n) is 2.22. The summed E-state index contributed by atoms with van der Waals surface area (Å²) in [7, 11) is 0. The quantitative estimate of drug-likeness (QED) is 0.508. The number of hydrogen-bond donors (Lipinski definition) is 0. The molecule has 1 saturated carbocycles. The zero-order chi connectivity index (χ0) is 9.35. The van der Waals surface area contributed by atoms with E-state index in [9.17, 15) is 4.79 Å². The predicted molar refractivity (Wildman–Crippen MR) is 51.0 cm³/mol. The summed E-state index contributed by atoms with van der Waals surface area (Å²) in [6, 6.07) is 0. The molecular formula is C11H20O. The molecule has 1 nitrogen and oxygen atoms in total. The SMILES string of the molecule is CC1CCC(=O)C(C)C(C)(C)C1. The van der Waals surface area contributed by atoms with Crippen LogP contribution in [0.2, 0.25) is 0 Å². The van der Waals surface area contributed by atoms with E-state index in [0.29, 0.717) is 11.7 Å². The summed E-state index contributed by atoms with van der Waals surface area (Å²) in [5.41, 5.74) is 0.215. The van der Waals surface area contributed by atoms with Crippen molar-refractivity contribution in [2.45, 2.75) is 47.0 Å². The minimum absolute atomic E-state index is 0.215. The van der Waals surface area contributed by atoms with Gasteiger partial charge in [-0.05, 0) is 24.2 Å². The van der Waals surface area contributed by atoms with Crippen molar-refractivity contribution in [2.75, 3.05) is 0 Å². The largest absolute Gasteiger partial charge is 0.299 e. The second kappa shape index (κ2) is 3.20. The minimum atomic E-state index is 0.215. The summed E-state index contributed by atoms with van der Waals surface area (Å²) in [4.78, 5) is 11.6. The Balaban J connectivity index is 2.79. The van der Waals surface area contributed by atoms with Crippen LogP contribution in [0.1, 0.15) is 47.0 Å². The van der Waals surface area contributed by atoms with Crippen LogP contribution >= 0.6 is 0 Å². The van der Waals surface area contributed by atoms with Crippen LogP contribution in [0.3, 0.4) is 0 Å². The molecule has 0 spiro atoms. The first-order valence-corrected chi connectivity index (χ1v) is 4.96. The highest BCUT2D eigenvalue weighted by atomic mass is 16.1. The molecule has 0 saturated heterocycles. The number of ketones is 1. The lowest BCUT2D eigenvalue weighted by atomic mass is 9.74. The van der Waals surface area contributed by atoms with E-state index in [-0.39, 0.29) is 11.3 Å². The molecule has 0 heterocycles. The van der Waals surface area contributed by atoms with E-state index in [1.54, 1.807) is 0 Å². The smallest absolute Gasteiger partial charge is 0.136 e. The summed E-state index contributed by atoms with van der Waals surface area (Å²) < 4.78 is 0. The van der Waals surface area contributed by atoms with Gasteiger partial charge in [-0.2, -0.15) is 0 Å². The molecule has 1 aliphatic carbocycles. The van der Waals surface area contributed by atoms with Gasteiger partial charge in [0.15, 0.2) is 0 Å². The van der Waals surface area contributed by atoms with Crippen LogP contribution in [0.5, 0.6) is 0 Å². The third-order valence-corrected chi connectivity index (χ3v) is 3.41. The van der Waals surface area contributed by atoms with Crippen molar-refractivity contribution in [3.63, 3.8) is 0 Å². The Bertz CT molecular complexity index is 181. The number of carbonyl (C=O) groups excluding carboxylic acids is 1. The highest BCUT2D eigenvalue weighted by Gasteiger charge is 2.34. The lowest BCUT2D eigenvalue weighted by Crippen LogP contribution is -2.27. The van der Waals surface area contributed by atoms with E-state index in [1.807, 2.05) is 0 Å². The molecular weight excluding hydrogens is 148 g/mol. The maximum Gasteiger partial charge on any atom is 0.136 e. The average molecular weight is 168 g/mol. The van der Waals surface area contributed by atoms with E-state index in [4.69, 9.17) is 0 Å². The zero-order valence-electron chi connectivity index (χ0n) is 8.68. The minimum Gasteiger partial charge on any atom is -0.299 e. The molecule has 0 N–H and O–H groups in total. The van der Waals surface area contributed by atoms with Crippen LogP contribution in [0, 0.1) is 17.3 Å². The van der Waals surface area contributed by atoms with Crippen molar-refractivity contribution in [1.29, 1.82) is 0 Å². The number of carbonyl (C=O) groups is 1. The fourth-order valence-corrected chi connectivity index (χ4v) is 2.22. The molecule has 0 radical (unpaired) electrons. The Morgan fingerprint density at radius 1 is 1.33 bits per heavy atom. The van der Waals surface area contributed by atoms with Gasteiger partial charge < -0.3 is 0 Å². The van der Waals surface area contributed by atoms with E-state index in [0.717, 1.165) is 12.8 Å². The summed E-state index contributed by atoms with van der Waals surface area (Å²) in [5.74, 6) is 1.43. The first-order valence-electron chi connectivity index (χ1n) is 4.96. The Kier molecular flexibility index (Phi) is 2.60. The van der Waals surface area contributed by atoms with Gasteiger partial charge in [0.25, 0.3) is 0 Å². The van der Waals surface area contributed by atoms with Crippen LogP contribution in [-0.4, -0.2) is 5.78 Å². The van der Waals surface area contributed by atoms with Crippen molar-refractivity contribution >= 4 is 5.78 Å². The highest BCUT2D eigenvalue weighted by molar-refractivity contribution is 5.81. The van der Waals surface area contributed by atoms with Gasteiger partial charge in [0.05, 0.1) is 0 Å². The molecule has 2 unspecified atom stereocenters. The molecule has 0 aromatic carbocycles. The summed E-state index contributed by atoms with van der Waals surface area (Å²) >= 11 is 0.